The van der Waals surface area contributed by atoms with Gasteiger partial charge in [-0.15, -0.1) is 0 Å². The Labute approximate surface area is 57.1 Å². The van der Waals surface area contributed by atoms with Crippen LogP contribution >= 0.6 is 0 Å². The maximum Gasteiger partial charge on any atom is 0.434 e. The van der Waals surface area contributed by atoms with E-state index in [0.29, 0.717) is 5.06 Å². The summed E-state index contributed by atoms with van der Waals surface area (Å²) in [6.07, 6.45) is -0.861. The van der Waals surface area contributed by atoms with Gasteiger partial charge in [0.15, 0.2) is 11.8 Å². The first-order valence-electron chi connectivity index (χ1n) is 2.78. The summed E-state index contributed by atoms with van der Waals surface area (Å²) in [5.74, 6) is -0.284. The molecule has 1 rings (SSSR count). The molecule has 0 aliphatic carbocycles. The summed E-state index contributed by atoms with van der Waals surface area (Å²) in [5, 5.41) is 9.07. The van der Waals surface area contributed by atoms with E-state index in [1.54, 1.807) is 0 Å². The van der Waals surface area contributed by atoms with Crippen LogP contribution < -0.4 is 0 Å². The van der Waals surface area contributed by atoms with Crippen molar-refractivity contribution < 1.29 is 19.5 Å². The third kappa shape index (κ3) is 0.950. The van der Waals surface area contributed by atoms with Crippen LogP contribution in [0.1, 0.15) is 6.92 Å². The first kappa shape index (κ1) is 7.01. The van der Waals surface area contributed by atoms with Crippen molar-refractivity contribution in [3.05, 3.63) is 0 Å². The monoisotopic (exact) mass is 145 g/mol. The van der Waals surface area contributed by atoms with E-state index in [1.807, 2.05) is 0 Å². The zero-order chi connectivity index (χ0) is 7.72. The Morgan fingerprint density at radius 3 is 2.70 bits per heavy atom. The lowest BCUT2D eigenvalue weighted by molar-refractivity contribution is -0.131. The number of ether oxygens (including phenoxy) is 1. The van der Waals surface area contributed by atoms with E-state index in [0.717, 1.165) is 0 Å². The SMILES string of the molecule is CC(=O)C1COC(=O)N1O. The van der Waals surface area contributed by atoms with Crippen molar-refractivity contribution in [2.75, 3.05) is 6.61 Å². The van der Waals surface area contributed by atoms with Crippen LogP contribution in [0.25, 0.3) is 0 Å². The Bertz CT molecular complexity index is 178. The van der Waals surface area contributed by atoms with Gasteiger partial charge in [-0.2, -0.15) is 5.06 Å². The number of carbonyl (C=O) groups is 2. The topological polar surface area (TPSA) is 66.8 Å². The van der Waals surface area contributed by atoms with Crippen molar-refractivity contribution in [1.82, 2.24) is 5.06 Å². The van der Waals surface area contributed by atoms with Crippen molar-refractivity contribution >= 4 is 11.9 Å². The minimum Gasteiger partial charge on any atom is -0.445 e. The van der Waals surface area contributed by atoms with Gasteiger partial charge < -0.3 is 4.74 Å². The number of hydrogen-bond donors (Lipinski definition) is 1. The Morgan fingerprint density at radius 1 is 1.90 bits per heavy atom. The number of amides is 1. The lowest BCUT2D eigenvalue weighted by atomic mass is 10.2. The summed E-state index contributed by atoms with van der Waals surface area (Å²) in [6, 6.07) is -0.813. The van der Waals surface area contributed by atoms with E-state index in [2.05, 4.69) is 4.74 Å². The highest BCUT2D eigenvalue weighted by molar-refractivity contribution is 5.86. The molecule has 0 bridgehead atoms. The number of cyclic esters (lactones) is 1. The van der Waals surface area contributed by atoms with Gasteiger partial charge in [0, 0.05) is 0 Å². The first-order chi connectivity index (χ1) is 4.63. The van der Waals surface area contributed by atoms with Crippen molar-refractivity contribution in [2.45, 2.75) is 13.0 Å². The molecule has 1 atom stereocenters. The molecule has 1 aliphatic heterocycles. The maximum absolute atomic E-state index is 10.6. The van der Waals surface area contributed by atoms with E-state index >= 15 is 0 Å². The van der Waals surface area contributed by atoms with Crippen LogP contribution in [0, 0.1) is 0 Å². The maximum atomic E-state index is 10.6. The Balaban J connectivity index is 2.66. The molecule has 56 valence electrons. The van der Waals surface area contributed by atoms with Gasteiger partial charge in [0.25, 0.3) is 0 Å². The summed E-state index contributed by atoms with van der Waals surface area (Å²) in [7, 11) is 0. The fourth-order valence-corrected chi connectivity index (χ4v) is 0.704. The lowest BCUT2D eigenvalue weighted by Gasteiger charge is -2.08. The molecule has 1 saturated heterocycles. The van der Waals surface area contributed by atoms with Crippen molar-refractivity contribution in [3.63, 3.8) is 0 Å². The first-order valence-corrected chi connectivity index (χ1v) is 2.78. The Hall–Kier alpha value is -1.10. The molecule has 1 heterocycles. The highest BCUT2D eigenvalue weighted by Crippen LogP contribution is 2.08. The molecule has 1 fully saturated rings. The summed E-state index contributed by atoms with van der Waals surface area (Å²) < 4.78 is 4.36. The zero-order valence-corrected chi connectivity index (χ0v) is 5.40. The molecular formula is C5H7NO4. The molecule has 1 aliphatic rings. The standard InChI is InChI=1S/C5H7NO4/c1-3(7)4-2-10-5(8)6(4)9/h4,9H,2H2,1H3. The second-order valence-electron chi connectivity index (χ2n) is 2.05. The summed E-state index contributed by atoms with van der Waals surface area (Å²) in [5.41, 5.74) is 0. The van der Waals surface area contributed by atoms with Crippen LogP contribution in [-0.4, -0.2) is 34.8 Å². The van der Waals surface area contributed by atoms with E-state index < -0.39 is 12.1 Å². The predicted molar refractivity (Wildman–Crippen MR) is 29.4 cm³/mol. The van der Waals surface area contributed by atoms with Crippen molar-refractivity contribution in [1.29, 1.82) is 0 Å². The number of nitrogens with zero attached hydrogens (tertiary/aromatic N) is 1. The second kappa shape index (κ2) is 2.26. The van der Waals surface area contributed by atoms with Crippen LogP contribution in [0.5, 0.6) is 0 Å². The van der Waals surface area contributed by atoms with Gasteiger partial charge in [0.1, 0.15) is 6.61 Å². The number of hydrogen-bond acceptors (Lipinski definition) is 4. The van der Waals surface area contributed by atoms with E-state index in [1.165, 1.54) is 6.92 Å². The third-order valence-corrected chi connectivity index (χ3v) is 1.32. The van der Waals surface area contributed by atoms with Crippen molar-refractivity contribution in [2.24, 2.45) is 0 Å². The van der Waals surface area contributed by atoms with Gasteiger partial charge in [0.2, 0.25) is 0 Å². The normalized spacial score (nSPS) is 24.8. The molecular weight excluding hydrogens is 138 g/mol. The van der Waals surface area contributed by atoms with Crippen LogP contribution in [0.2, 0.25) is 0 Å². The van der Waals surface area contributed by atoms with E-state index in [9.17, 15) is 9.59 Å². The van der Waals surface area contributed by atoms with Crippen LogP contribution in [-0.2, 0) is 9.53 Å². The molecule has 0 radical (unpaired) electrons. The molecule has 1 amide bonds. The molecule has 5 nitrogen and oxygen atoms in total. The van der Waals surface area contributed by atoms with E-state index in [4.69, 9.17) is 5.21 Å². The molecule has 0 aromatic rings. The number of Topliss-reactive ketones (excluding diaryl/α,β-unsaturated/α-hetero) is 1. The molecule has 10 heavy (non-hydrogen) atoms. The quantitative estimate of drug-likeness (QED) is 0.518. The molecule has 1 N–H and O–H groups in total. The Morgan fingerprint density at radius 2 is 2.50 bits per heavy atom. The number of carbonyl (C=O) groups excluding carboxylic acids is 2. The summed E-state index contributed by atoms with van der Waals surface area (Å²) >= 11 is 0. The molecule has 0 aromatic carbocycles. The van der Waals surface area contributed by atoms with Gasteiger partial charge in [-0.05, 0) is 6.92 Å². The summed E-state index contributed by atoms with van der Waals surface area (Å²) in [6.45, 7) is 1.24. The smallest absolute Gasteiger partial charge is 0.434 e. The minimum absolute atomic E-state index is 0.0509. The highest BCUT2D eigenvalue weighted by atomic mass is 16.7. The van der Waals surface area contributed by atoms with Crippen LogP contribution in [0.3, 0.4) is 0 Å². The highest BCUT2D eigenvalue weighted by Gasteiger charge is 2.34. The lowest BCUT2D eigenvalue weighted by Crippen LogP contribution is -2.35. The average molecular weight is 145 g/mol. The molecule has 0 aromatic heterocycles. The minimum atomic E-state index is -0.861. The fourth-order valence-electron chi connectivity index (χ4n) is 0.704. The predicted octanol–water partition coefficient (Wildman–Crippen LogP) is -0.215. The number of rotatable bonds is 1. The van der Waals surface area contributed by atoms with Gasteiger partial charge in [-0.3, -0.25) is 10.0 Å². The molecule has 1 unspecified atom stereocenters. The second-order valence-corrected chi connectivity index (χ2v) is 2.05. The average Bonchev–Trinajstić information content (AvgIpc) is 2.14. The zero-order valence-electron chi connectivity index (χ0n) is 5.40. The van der Waals surface area contributed by atoms with Crippen LogP contribution in [0.4, 0.5) is 4.79 Å². The number of hydroxylamine groups is 2. The van der Waals surface area contributed by atoms with Gasteiger partial charge in [-0.1, -0.05) is 0 Å². The van der Waals surface area contributed by atoms with Crippen molar-refractivity contribution in [3.8, 4) is 0 Å². The largest absolute Gasteiger partial charge is 0.445 e. The summed E-state index contributed by atoms with van der Waals surface area (Å²) in [4.78, 5) is 21.0. The Kier molecular flexibility index (Phi) is 1.58. The van der Waals surface area contributed by atoms with Gasteiger partial charge in [0.05, 0.1) is 0 Å². The fraction of sp³-hybridized carbons (Fsp3) is 0.600. The molecule has 5 heteroatoms. The molecule has 0 saturated carbocycles. The van der Waals surface area contributed by atoms with Gasteiger partial charge in [-0.25, -0.2) is 4.79 Å². The molecule has 0 spiro atoms. The third-order valence-electron chi connectivity index (χ3n) is 1.32. The van der Waals surface area contributed by atoms with E-state index in [-0.39, 0.29) is 12.4 Å². The number of ketones is 1. The van der Waals surface area contributed by atoms with Crippen LogP contribution in [0.15, 0.2) is 0 Å². The van der Waals surface area contributed by atoms with Gasteiger partial charge >= 0.3 is 6.09 Å².